The predicted molar refractivity (Wildman–Crippen MR) is 95.7 cm³/mol. The lowest BCUT2D eigenvalue weighted by Crippen LogP contribution is -2.50. The second-order valence-electron chi connectivity index (χ2n) is 6.51. The van der Waals surface area contributed by atoms with Crippen LogP contribution in [0.3, 0.4) is 0 Å². The van der Waals surface area contributed by atoms with Crippen LogP contribution >= 0.6 is 12.2 Å². The Morgan fingerprint density at radius 1 is 1.12 bits per heavy atom. The molecule has 0 amide bonds. The van der Waals surface area contributed by atoms with Crippen molar-refractivity contribution in [2.24, 2.45) is 5.92 Å². The number of thiocarbonyl (C=S) groups is 1. The number of benzene rings is 1. The Hall–Kier alpha value is -2.21. The molecular weight excluding hydrogens is 325 g/mol. The highest BCUT2D eigenvalue weighted by Gasteiger charge is 2.35. The number of rotatable bonds is 1. The molecule has 0 spiro atoms. The number of anilines is 1. The summed E-state index contributed by atoms with van der Waals surface area (Å²) in [6.45, 7) is 2.27. The number of hydrogen-bond donors (Lipinski definition) is 1. The Labute approximate surface area is 144 Å². The van der Waals surface area contributed by atoms with Gasteiger partial charge in [-0.25, -0.2) is 4.39 Å². The van der Waals surface area contributed by atoms with Crippen molar-refractivity contribution in [3.05, 3.63) is 64.3 Å². The van der Waals surface area contributed by atoms with E-state index in [4.69, 9.17) is 12.2 Å². The van der Waals surface area contributed by atoms with Gasteiger partial charge in [-0.05, 0) is 42.8 Å². The fourth-order valence-electron chi connectivity index (χ4n) is 3.82. The van der Waals surface area contributed by atoms with Crippen molar-refractivity contribution in [3.63, 3.8) is 0 Å². The first-order valence-electron chi connectivity index (χ1n) is 8.12. The average Bonchev–Trinajstić information content (AvgIpc) is 2.58. The zero-order valence-corrected chi connectivity index (χ0v) is 13.9. The van der Waals surface area contributed by atoms with Crippen LogP contribution in [0.25, 0.3) is 0 Å². The van der Waals surface area contributed by atoms with E-state index in [9.17, 15) is 9.18 Å². The van der Waals surface area contributed by atoms with Gasteiger partial charge in [0.05, 0.1) is 5.69 Å². The maximum Gasteiger partial charge on any atom is 0.250 e. The summed E-state index contributed by atoms with van der Waals surface area (Å²) in [4.78, 5) is 14.2. The molecule has 0 saturated carbocycles. The third kappa shape index (κ3) is 2.71. The van der Waals surface area contributed by atoms with Crippen molar-refractivity contribution < 1.29 is 4.39 Å². The lowest BCUT2D eigenvalue weighted by Gasteiger charge is -2.43. The van der Waals surface area contributed by atoms with Crippen LogP contribution in [-0.2, 0) is 6.54 Å². The van der Waals surface area contributed by atoms with E-state index >= 15 is 0 Å². The van der Waals surface area contributed by atoms with Crippen LogP contribution in [-0.4, -0.2) is 27.7 Å². The number of nitrogens with zero attached hydrogens (tertiary/aromatic N) is 2. The van der Waals surface area contributed by atoms with Gasteiger partial charge in [0.15, 0.2) is 5.11 Å². The predicted octanol–water partition coefficient (Wildman–Crippen LogP) is 2.80. The van der Waals surface area contributed by atoms with Gasteiger partial charge in [0.2, 0.25) is 0 Å². The fourth-order valence-corrected chi connectivity index (χ4v) is 4.08. The van der Waals surface area contributed by atoms with Gasteiger partial charge in [0.25, 0.3) is 5.56 Å². The van der Waals surface area contributed by atoms with Crippen LogP contribution in [0.15, 0.2) is 47.3 Å². The molecule has 2 aliphatic heterocycles. The maximum absolute atomic E-state index is 13.8. The van der Waals surface area contributed by atoms with Crippen LogP contribution < -0.4 is 10.9 Å². The SMILES string of the molecule is O=c1cccc2n1C[C@H]1C[C@H]2CN(C(=S)Nc2ccccc2F)C1. The number of fused-ring (bicyclic) bond motifs is 4. The van der Waals surface area contributed by atoms with E-state index in [1.807, 2.05) is 16.7 Å². The molecule has 1 aromatic heterocycles. The summed E-state index contributed by atoms with van der Waals surface area (Å²) in [6.07, 6.45) is 1.07. The highest BCUT2D eigenvalue weighted by Crippen LogP contribution is 2.35. The van der Waals surface area contributed by atoms with Crippen molar-refractivity contribution in [3.8, 4) is 0 Å². The summed E-state index contributed by atoms with van der Waals surface area (Å²) < 4.78 is 15.7. The minimum atomic E-state index is -0.311. The van der Waals surface area contributed by atoms with E-state index in [0.29, 0.717) is 16.7 Å². The van der Waals surface area contributed by atoms with Crippen molar-refractivity contribution in [2.45, 2.75) is 18.9 Å². The molecule has 1 N–H and O–H groups in total. The molecule has 4 nitrogen and oxygen atoms in total. The molecule has 1 saturated heterocycles. The molecule has 0 aliphatic carbocycles. The molecular formula is C18H18FN3OS. The second-order valence-corrected chi connectivity index (χ2v) is 6.90. The van der Waals surface area contributed by atoms with Crippen molar-refractivity contribution in [2.75, 3.05) is 18.4 Å². The van der Waals surface area contributed by atoms with Crippen LogP contribution in [0.2, 0.25) is 0 Å². The molecule has 124 valence electrons. The van der Waals surface area contributed by atoms with Gasteiger partial charge >= 0.3 is 0 Å². The number of likely N-dealkylation sites (tertiary alicyclic amines) is 1. The average molecular weight is 343 g/mol. The Balaban J connectivity index is 1.55. The van der Waals surface area contributed by atoms with Crippen molar-refractivity contribution in [1.29, 1.82) is 0 Å². The number of halogens is 1. The number of piperidine rings is 1. The summed E-state index contributed by atoms with van der Waals surface area (Å²) in [7, 11) is 0. The molecule has 2 bridgehead atoms. The van der Waals surface area contributed by atoms with Crippen LogP contribution in [0.1, 0.15) is 18.0 Å². The van der Waals surface area contributed by atoms with Crippen molar-refractivity contribution >= 4 is 23.0 Å². The number of nitrogens with one attached hydrogen (secondary N) is 1. The quantitative estimate of drug-likeness (QED) is 0.808. The fraction of sp³-hybridized carbons (Fsp3) is 0.333. The number of hydrogen-bond acceptors (Lipinski definition) is 2. The zero-order chi connectivity index (χ0) is 16.7. The van der Waals surface area contributed by atoms with Gasteiger partial charge in [0.1, 0.15) is 5.82 Å². The Morgan fingerprint density at radius 2 is 1.96 bits per heavy atom. The van der Waals surface area contributed by atoms with Gasteiger partial charge in [0, 0.05) is 37.3 Å². The molecule has 2 atom stereocenters. The summed E-state index contributed by atoms with van der Waals surface area (Å²) in [5.74, 6) is 0.359. The maximum atomic E-state index is 13.8. The standard InChI is InChI=1S/C18H18FN3OS/c19-14-4-1-2-5-15(14)20-18(24)21-9-12-8-13(11-21)16-6-3-7-17(23)22(16)10-12/h1-7,12-13H,8-11H2,(H,20,24)/t12-,13-/m0/s1. The van der Waals surface area contributed by atoms with E-state index in [0.717, 1.165) is 31.7 Å². The van der Waals surface area contributed by atoms with Gasteiger partial charge < -0.3 is 14.8 Å². The molecule has 1 fully saturated rings. The third-order valence-corrected chi connectivity index (χ3v) is 5.24. The minimum absolute atomic E-state index is 0.0720. The molecule has 2 aromatic rings. The number of aromatic nitrogens is 1. The van der Waals surface area contributed by atoms with Crippen LogP contribution in [0, 0.1) is 11.7 Å². The lowest BCUT2D eigenvalue weighted by atomic mass is 9.83. The minimum Gasteiger partial charge on any atom is -0.348 e. The smallest absolute Gasteiger partial charge is 0.250 e. The monoisotopic (exact) mass is 343 g/mol. The summed E-state index contributed by atoms with van der Waals surface area (Å²) in [6, 6.07) is 12.0. The molecule has 0 unspecified atom stereocenters. The van der Waals surface area contributed by atoms with E-state index < -0.39 is 0 Å². The molecule has 6 heteroatoms. The van der Waals surface area contributed by atoms with E-state index in [1.54, 1.807) is 24.3 Å². The van der Waals surface area contributed by atoms with Crippen LogP contribution in [0.4, 0.5) is 10.1 Å². The number of pyridine rings is 1. The molecule has 4 rings (SSSR count). The normalized spacial score (nSPS) is 22.0. The zero-order valence-electron chi connectivity index (χ0n) is 13.1. The highest BCUT2D eigenvalue weighted by atomic mass is 32.1. The first-order chi connectivity index (χ1) is 11.6. The van der Waals surface area contributed by atoms with Gasteiger partial charge in [-0.1, -0.05) is 18.2 Å². The molecule has 2 aliphatic rings. The van der Waals surface area contributed by atoms with Crippen LogP contribution in [0.5, 0.6) is 0 Å². The van der Waals surface area contributed by atoms with Gasteiger partial charge in [-0.3, -0.25) is 4.79 Å². The second kappa shape index (κ2) is 6.02. The summed E-state index contributed by atoms with van der Waals surface area (Å²) in [5.41, 5.74) is 1.55. The highest BCUT2D eigenvalue weighted by molar-refractivity contribution is 7.80. The van der Waals surface area contributed by atoms with Gasteiger partial charge in [-0.2, -0.15) is 0 Å². The molecule has 1 aromatic carbocycles. The topological polar surface area (TPSA) is 37.3 Å². The van der Waals surface area contributed by atoms with E-state index in [-0.39, 0.29) is 17.3 Å². The lowest BCUT2D eigenvalue weighted by molar-refractivity contribution is 0.180. The number of para-hydroxylation sites is 1. The van der Waals surface area contributed by atoms with Crippen molar-refractivity contribution in [1.82, 2.24) is 9.47 Å². The van der Waals surface area contributed by atoms with E-state index in [1.165, 1.54) is 6.07 Å². The molecule has 24 heavy (non-hydrogen) atoms. The summed E-state index contributed by atoms with van der Waals surface area (Å²) in [5, 5.41) is 3.56. The first kappa shape index (κ1) is 15.3. The Kier molecular flexibility index (Phi) is 3.84. The van der Waals surface area contributed by atoms with Gasteiger partial charge in [-0.15, -0.1) is 0 Å². The largest absolute Gasteiger partial charge is 0.348 e. The molecule has 3 heterocycles. The Bertz CT molecular complexity index is 850. The Morgan fingerprint density at radius 3 is 2.79 bits per heavy atom. The first-order valence-corrected chi connectivity index (χ1v) is 8.53. The summed E-state index contributed by atoms with van der Waals surface area (Å²) >= 11 is 5.50. The molecule has 0 radical (unpaired) electrons. The third-order valence-electron chi connectivity index (χ3n) is 4.88. The van der Waals surface area contributed by atoms with E-state index in [2.05, 4.69) is 10.2 Å².